The monoisotopic (exact) mass is 201 g/mol. The smallest absolute Gasteiger partial charge is 0.139 e. The van der Waals surface area contributed by atoms with Crippen LogP contribution in [-0.2, 0) is 6.54 Å². The summed E-state index contributed by atoms with van der Waals surface area (Å²) in [6.45, 7) is 0.146. The van der Waals surface area contributed by atoms with Crippen molar-refractivity contribution in [3.8, 4) is 11.1 Å². The largest absolute Gasteiger partial charge is 0.326 e. The van der Waals surface area contributed by atoms with Crippen LogP contribution in [0.2, 0.25) is 0 Å². The van der Waals surface area contributed by atoms with E-state index in [1.54, 1.807) is 0 Å². The molecule has 0 spiro atoms. The molecule has 0 aliphatic heterocycles. The van der Waals surface area contributed by atoms with E-state index in [4.69, 9.17) is 5.73 Å². The van der Waals surface area contributed by atoms with Crippen LogP contribution < -0.4 is 5.73 Å². The molecule has 75 valence electrons. The molecule has 0 bridgehead atoms. The van der Waals surface area contributed by atoms with Gasteiger partial charge in [-0.2, -0.15) is 0 Å². The normalized spacial score (nSPS) is 10.3. The molecule has 15 heavy (non-hydrogen) atoms. The Morgan fingerprint density at radius 3 is 2.67 bits per heavy atom. The van der Waals surface area contributed by atoms with Crippen LogP contribution in [0.25, 0.3) is 11.1 Å². The fourth-order valence-corrected chi connectivity index (χ4v) is 1.38. The van der Waals surface area contributed by atoms with Crippen molar-refractivity contribution in [2.24, 2.45) is 5.73 Å². The molecule has 1 radical (unpaired) electrons. The fraction of sp³-hybridized carbons (Fsp3) is 0.0833. The van der Waals surface area contributed by atoms with Gasteiger partial charge in [-0.3, -0.25) is 4.98 Å². The van der Waals surface area contributed by atoms with Gasteiger partial charge in [-0.05, 0) is 5.56 Å². The fourth-order valence-electron chi connectivity index (χ4n) is 1.38. The lowest BCUT2D eigenvalue weighted by atomic mass is 10.1. The lowest BCUT2D eigenvalue weighted by Crippen LogP contribution is -2.02. The van der Waals surface area contributed by atoms with Crippen molar-refractivity contribution >= 4 is 0 Å². The second-order valence-corrected chi connectivity index (χ2v) is 3.15. The minimum Gasteiger partial charge on any atom is -0.326 e. The average Bonchev–Trinajstić information content (AvgIpc) is 2.30. The Kier molecular flexibility index (Phi) is 2.74. The first-order valence-electron chi connectivity index (χ1n) is 4.63. The molecule has 2 aromatic rings. The second-order valence-electron chi connectivity index (χ2n) is 3.15. The zero-order chi connectivity index (χ0) is 10.7. The van der Waals surface area contributed by atoms with Gasteiger partial charge in [-0.25, -0.2) is 4.39 Å². The predicted molar refractivity (Wildman–Crippen MR) is 56.4 cm³/mol. The molecule has 2 N–H and O–H groups in total. The lowest BCUT2D eigenvalue weighted by molar-refractivity contribution is 0.611. The first-order valence-corrected chi connectivity index (χ1v) is 4.63. The number of benzene rings is 1. The third-order valence-electron chi connectivity index (χ3n) is 2.18. The Bertz CT molecular complexity index is 454. The summed E-state index contributed by atoms with van der Waals surface area (Å²) in [6, 6.07) is 9.20. The molecule has 1 aromatic carbocycles. The van der Waals surface area contributed by atoms with Gasteiger partial charge in [0.1, 0.15) is 12.0 Å². The van der Waals surface area contributed by atoms with Crippen molar-refractivity contribution in [3.05, 3.63) is 54.1 Å². The first-order chi connectivity index (χ1) is 7.33. The Morgan fingerprint density at radius 2 is 2.00 bits per heavy atom. The van der Waals surface area contributed by atoms with E-state index in [0.717, 1.165) is 5.56 Å². The average molecular weight is 201 g/mol. The van der Waals surface area contributed by atoms with Gasteiger partial charge in [-0.1, -0.05) is 30.3 Å². The number of pyridine rings is 1. The van der Waals surface area contributed by atoms with Crippen LogP contribution in [0.5, 0.6) is 0 Å². The van der Waals surface area contributed by atoms with Crippen molar-refractivity contribution in [2.75, 3.05) is 0 Å². The summed E-state index contributed by atoms with van der Waals surface area (Å²) >= 11 is 0. The van der Waals surface area contributed by atoms with Crippen LogP contribution in [-0.4, -0.2) is 4.98 Å². The maximum atomic E-state index is 13.8. The maximum Gasteiger partial charge on any atom is 0.139 e. The molecule has 2 nitrogen and oxygen atoms in total. The van der Waals surface area contributed by atoms with E-state index in [9.17, 15) is 4.39 Å². The predicted octanol–water partition coefficient (Wildman–Crippen LogP) is 2.15. The molecule has 0 aliphatic rings. The van der Waals surface area contributed by atoms with Crippen LogP contribution in [0.15, 0.2) is 36.5 Å². The van der Waals surface area contributed by atoms with E-state index < -0.39 is 0 Å². The third-order valence-corrected chi connectivity index (χ3v) is 2.18. The van der Waals surface area contributed by atoms with Crippen LogP contribution in [0, 0.1) is 12.0 Å². The number of hydrogen-bond donors (Lipinski definition) is 1. The van der Waals surface area contributed by atoms with Gasteiger partial charge in [0.2, 0.25) is 0 Å². The SMILES string of the molecule is NCc1cn[c]c(-c2ccccc2)c1F. The third kappa shape index (κ3) is 1.87. The van der Waals surface area contributed by atoms with Crippen molar-refractivity contribution in [1.29, 1.82) is 0 Å². The number of rotatable bonds is 2. The number of aromatic nitrogens is 1. The summed E-state index contributed by atoms with van der Waals surface area (Å²) in [7, 11) is 0. The molecule has 0 atom stereocenters. The molecule has 0 unspecified atom stereocenters. The molecule has 0 aliphatic carbocycles. The highest BCUT2D eigenvalue weighted by Gasteiger charge is 2.09. The Labute approximate surface area is 87.6 Å². The molecule has 0 saturated heterocycles. The Morgan fingerprint density at radius 1 is 1.27 bits per heavy atom. The molecule has 1 heterocycles. The van der Waals surface area contributed by atoms with Gasteiger partial charge < -0.3 is 5.73 Å². The number of halogens is 1. The number of nitrogens with zero attached hydrogens (tertiary/aromatic N) is 1. The summed E-state index contributed by atoms with van der Waals surface area (Å²) in [5.74, 6) is -0.335. The standard InChI is InChI=1S/C12H10FN2/c13-12-10(6-14)7-15-8-11(12)9-4-2-1-3-5-9/h1-5,7H,6,14H2. The highest BCUT2D eigenvalue weighted by molar-refractivity contribution is 5.63. The summed E-state index contributed by atoms with van der Waals surface area (Å²) in [5.41, 5.74) is 6.95. The topological polar surface area (TPSA) is 38.9 Å². The van der Waals surface area contributed by atoms with E-state index in [1.165, 1.54) is 6.20 Å². The number of hydrogen-bond acceptors (Lipinski definition) is 2. The van der Waals surface area contributed by atoms with Crippen LogP contribution >= 0.6 is 0 Å². The van der Waals surface area contributed by atoms with Crippen molar-refractivity contribution < 1.29 is 4.39 Å². The van der Waals surface area contributed by atoms with Gasteiger partial charge in [0, 0.05) is 23.9 Å². The minimum atomic E-state index is -0.335. The van der Waals surface area contributed by atoms with Gasteiger partial charge in [0.25, 0.3) is 0 Å². The molecular weight excluding hydrogens is 191 g/mol. The van der Waals surface area contributed by atoms with E-state index in [1.807, 2.05) is 30.3 Å². The van der Waals surface area contributed by atoms with Crippen LogP contribution in [0.3, 0.4) is 0 Å². The maximum absolute atomic E-state index is 13.8. The summed E-state index contributed by atoms with van der Waals surface area (Å²) < 4.78 is 13.8. The van der Waals surface area contributed by atoms with E-state index in [0.29, 0.717) is 11.1 Å². The van der Waals surface area contributed by atoms with Crippen LogP contribution in [0.4, 0.5) is 4.39 Å². The second kappa shape index (κ2) is 4.19. The van der Waals surface area contributed by atoms with Gasteiger partial charge in [0.15, 0.2) is 0 Å². The van der Waals surface area contributed by atoms with Gasteiger partial charge in [0.05, 0.1) is 0 Å². The molecule has 0 fully saturated rings. The molecule has 1 aromatic heterocycles. The Balaban J connectivity index is 2.54. The molecule has 3 heteroatoms. The molecule has 0 saturated carbocycles. The summed E-state index contributed by atoms with van der Waals surface area (Å²) in [5, 5.41) is 0. The summed E-state index contributed by atoms with van der Waals surface area (Å²) in [6.07, 6.45) is 4.05. The van der Waals surface area contributed by atoms with Crippen LogP contribution in [0.1, 0.15) is 5.56 Å². The van der Waals surface area contributed by atoms with Crippen molar-refractivity contribution in [1.82, 2.24) is 4.98 Å². The molecular formula is C12H10FN2. The van der Waals surface area contributed by atoms with E-state index >= 15 is 0 Å². The van der Waals surface area contributed by atoms with E-state index in [-0.39, 0.29) is 12.4 Å². The van der Waals surface area contributed by atoms with Gasteiger partial charge >= 0.3 is 0 Å². The lowest BCUT2D eigenvalue weighted by Gasteiger charge is -2.05. The van der Waals surface area contributed by atoms with Crippen molar-refractivity contribution in [2.45, 2.75) is 6.54 Å². The Hall–Kier alpha value is -1.74. The molecule has 0 amide bonds. The highest BCUT2D eigenvalue weighted by Crippen LogP contribution is 2.22. The quantitative estimate of drug-likeness (QED) is 0.808. The summed E-state index contributed by atoms with van der Waals surface area (Å²) in [4.78, 5) is 3.85. The van der Waals surface area contributed by atoms with Crippen molar-refractivity contribution in [3.63, 3.8) is 0 Å². The zero-order valence-electron chi connectivity index (χ0n) is 8.07. The number of nitrogens with two attached hydrogens (primary N) is 1. The first kappa shape index (κ1) is 9.80. The van der Waals surface area contributed by atoms with Gasteiger partial charge in [-0.15, -0.1) is 0 Å². The minimum absolute atomic E-state index is 0.146. The zero-order valence-corrected chi connectivity index (χ0v) is 8.07. The highest BCUT2D eigenvalue weighted by atomic mass is 19.1. The molecule has 2 rings (SSSR count). The van der Waals surface area contributed by atoms with E-state index in [2.05, 4.69) is 11.2 Å².